The van der Waals surface area contributed by atoms with Crippen LogP contribution in [-0.4, -0.2) is 60.4 Å². The van der Waals surface area contributed by atoms with E-state index in [-0.39, 0.29) is 11.8 Å². The summed E-state index contributed by atoms with van der Waals surface area (Å²) in [6.07, 6.45) is 10.5. The van der Waals surface area contributed by atoms with Gasteiger partial charge in [0.1, 0.15) is 0 Å². The van der Waals surface area contributed by atoms with Crippen LogP contribution in [0.1, 0.15) is 44.1 Å². The largest absolute Gasteiger partial charge is 0.337 e. The standard InChI is InChI=1S/C22H29N3O2/c26-21(24-16-14-23(15-17-24)19-4-1-2-5-19)12-9-18-7-10-20(11-8-18)25-13-3-6-22(25)27/h7-12,19H,1-6,13-17H2/b12-9+. The van der Waals surface area contributed by atoms with Gasteiger partial charge in [0.15, 0.2) is 0 Å². The van der Waals surface area contributed by atoms with E-state index in [2.05, 4.69) is 4.90 Å². The second-order valence-electron chi connectivity index (χ2n) is 7.87. The molecule has 1 aromatic rings. The van der Waals surface area contributed by atoms with Gasteiger partial charge in [-0.2, -0.15) is 0 Å². The van der Waals surface area contributed by atoms with Gasteiger partial charge in [0.05, 0.1) is 0 Å². The predicted molar refractivity (Wildman–Crippen MR) is 107 cm³/mol. The summed E-state index contributed by atoms with van der Waals surface area (Å²) < 4.78 is 0. The maximum absolute atomic E-state index is 12.5. The molecule has 0 spiro atoms. The number of carbonyl (C=O) groups is 2. The summed E-state index contributed by atoms with van der Waals surface area (Å²) in [6, 6.07) is 8.63. The third-order valence-corrected chi connectivity index (χ3v) is 6.16. The van der Waals surface area contributed by atoms with Crippen molar-refractivity contribution < 1.29 is 9.59 Å². The molecule has 144 valence electrons. The van der Waals surface area contributed by atoms with Crippen molar-refractivity contribution in [3.63, 3.8) is 0 Å². The zero-order valence-electron chi connectivity index (χ0n) is 16.0. The Kier molecular flexibility index (Phi) is 5.58. The highest BCUT2D eigenvalue weighted by atomic mass is 16.2. The van der Waals surface area contributed by atoms with Crippen LogP contribution >= 0.6 is 0 Å². The SMILES string of the molecule is O=C(/C=C/c1ccc(N2CCCC2=O)cc1)N1CCN(C2CCCC2)CC1. The molecule has 3 fully saturated rings. The Morgan fingerprint density at radius 2 is 1.63 bits per heavy atom. The Labute approximate surface area is 161 Å². The van der Waals surface area contributed by atoms with Gasteiger partial charge in [-0.3, -0.25) is 14.5 Å². The number of anilines is 1. The molecule has 2 aliphatic heterocycles. The summed E-state index contributed by atoms with van der Waals surface area (Å²) in [7, 11) is 0. The molecule has 0 unspecified atom stereocenters. The lowest BCUT2D eigenvalue weighted by Gasteiger charge is -2.37. The molecule has 2 saturated heterocycles. The summed E-state index contributed by atoms with van der Waals surface area (Å²) in [4.78, 5) is 30.7. The Hall–Kier alpha value is -2.14. The summed E-state index contributed by atoms with van der Waals surface area (Å²) in [5.74, 6) is 0.296. The van der Waals surface area contributed by atoms with E-state index in [4.69, 9.17) is 0 Å². The fourth-order valence-corrected chi connectivity index (χ4v) is 4.54. The average Bonchev–Trinajstić information content (AvgIpc) is 3.39. The third-order valence-electron chi connectivity index (χ3n) is 6.16. The van der Waals surface area contributed by atoms with Crippen molar-refractivity contribution in [1.29, 1.82) is 0 Å². The van der Waals surface area contributed by atoms with Crippen molar-refractivity contribution in [1.82, 2.24) is 9.80 Å². The van der Waals surface area contributed by atoms with Crippen molar-refractivity contribution in [2.45, 2.75) is 44.6 Å². The smallest absolute Gasteiger partial charge is 0.246 e. The van der Waals surface area contributed by atoms with Crippen LogP contribution in [0.25, 0.3) is 6.08 Å². The van der Waals surface area contributed by atoms with Crippen LogP contribution in [-0.2, 0) is 9.59 Å². The number of nitrogens with zero attached hydrogens (tertiary/aromatic N) is 3. The number of piperazine rings is 1. The molecule has 2 amide bonds. The van der Waals surface area contributed by atoms with E-state index in [9.17, 15) is 9.59 Å². The van der Waals surface area contributed by atoms with E-state index >= 15 is 0 Å². The lowest BCUT2D eigenvalue weighted by atomic mass is 10.1. The van der Waals surface area contributed by atoms with E-state index in [0.717, 1.165) is 56.4 Å². The lowest BCUT2D eigenvalue weighted by molar-refractivity contribution is -0.128. The number of carbonyl (C=O) groups excluding carboxylic acids is 2. The van der Waals surface area contributed by atoms with Gasteiger partial charge in [-0.25, -0.2) is 0 Å². The average molecular weight is 367 g/mol. The Balaban J connectivity index is 1.29. The first-order valence-electron chi connectivity index (χ1n) is 10.3. The number of hydrogen-bond acceptors (Lipinski definition) is 3. The van der Waals surface area contributed by atoms with Crippen LogP contribution in [0.15, 0.2) is 30.3 Å². The van der Waals surface area contributed by atoms with E-state index in [0.29, 0.717) is 6.42 Å². The van der Waals surface area contributed by atoms with Gasteiger partial charge in [0.25, 0.3) is 0 Å². The molecular weight excluding hydrogens is 338 g/mol. The molecule has 1 saturated carbocycles. The van der Waals surface area contributed by atoms with Crippen molar-refractivity contribution in [3.05, 3.63) is 35.9 Å². The number of rotatable bonds is 4. The summed E-state index contributed by atoms with van der Waals surface area (Å²) in [5, 5.41) is 0. The van der Waals surface area contributed by atoms with Gasteiger partial charge in [0.2, 0.25) is 11.8 Å². The molecule has 0 atom stereocenters. The van der Waals surface area contributed by atoms with Crippen molar-refractivity contribution in [2.24, 2.45) is 0 Å². The lowest BCUT2D eigenvalue weighted by Crippen LogP contribution is -2.51. The second kappa shape index (κ2) is 8.26. The number of hydrogen-bond donors (Lipinski definition) is 0. The van der Waals surface area contributed by atoms with Gasteiger partial charge in [0, 0.05) is 56.9 Å². The van der Waals surface area contributed by atoms with E-state index in [1.165, 1.54) is 25.7 Å². The zero-order valence-corrected chi connectivity index (χ0v) is 16.0. The fraction of sp³-hybridized carbons (Fsp3) is 0.545. The van der Waals surface area contributed by atoms with Crippen LogP contribution < -0.4 is 4.90 Å². The van der Waals surface area contributed by atoms with Crippen LogP contribution in [0.3, 0.4) is 0 Å². The van der Waals surface area contributed by atoms with Gasteiger partial charge in [-0.15, -0.1) is 0 Å². The van der Waals surface area contributed by atoms with Gasteiger partial charge < -0.3 is 9.80 Å². The van der Waals surface area contributed by atoms with Crippen molar-refractivity contribution in [3.8, 4) is 0 Å². The maximum atomic E-state index is 12.5. The Bertz CT molecular complexity index is 699. The highest BCUT2D eigenvalue weighted by molar-refractivity contribution is 5.95. The number of benzene rings is 1. The molecule has 0 aromatic heterocycles. The maximum Gasteiger partial charge on any atom is 0.246 e. The van der Waals surface area contributed by atoms with Crippen LogP contribution in [0, 0.1) is 0 Å². The van der Waals surface area contributed by atoms with Crippen LogP contribution in [0.2, 0.25) is 0 Å². The zero-order chi connectivity index (χ0) is 18.6. The topological polar surface area (TPSA) is 43.9 Å². The summed E-state index contributed by atoms with van der Waals surface area (Å²) in [6.45, 7) is 4.47. The molecule has 2 heterocycles. The molecule has 3 aliphatic rings. The molecule has 1 aliphatic carbocycles. The van der Waals surface area contributed by atoms with E-state index < -0.39 is 0 Å². The number of amides is 2. The highest BCUT2D eigenvalue weighted by Crippen LogP contribution is 2.24. The molecule has 0 N–H and O–H groups in total. The van der Waals surface area contributed by atoms with Crippen molar-refractivity contribution >= 4 is 23.6 Å². The predicted octanol–water partition coefficient (Wildman–Crippen LogP) is 2.91. The monoisotopic (exact) mass is 367 g/mol. The van der Waals surface area contributed by atoms with Gasteiger partial charge >= 0.3 is 0 Å². The molecular formula is C22H29N3O2. The van der Waals surface area contributed by atoms with Crippen LogP contribution in [0.5, 0.6) is 0 Å². The minimum absolute atomic E-state index is 0.0971. The van der Waals surface area contributed by atoms with E-state index in [1.807, 2.05) is 40.1 Å². The molecule has 0 bridgehead atoms. The van der Waals surface area contributed by atoms with Crippen molar-refractivity contribution in [2.75, 3.05) is 37.6 Å². The molecule has 0 radical (unpaired) electrons. The quantitative estimate of drug-likeness (QED) is 0.769. The minimum atomic E-state index is 0.0971. The molecule has 5 nitrogen and oxygen atoms in total. The minimum Gasteiger partial charge on any atom is -0.337 e. The summed E-state index contributed by atoms with van der Waals surface area (Å²) >= 11 is 0. The third kappa shape index (κ3) is 4.24. The molecule has 27 heavy (non-hydrogen) atoms. The highest BCUT2D eigenvalue weighted by Gasteiger charge is 2.27. The fourth-order valence-electron chi connectivity index (χ4n) is 4.54. The normalized spacial score (nSPS) is 22.3. The van der Waals surface area contributed by atoms with Gasteiger partial charge in [-0.05, 0) is 43.0 Å². The summed E-state index contributed by atoms with van der Waals surface area (Å²) in [5.41, 5.74) is 1.94. The first-order valence-corrected chi connectivity index (χ1v) is 10.3. The first kappa shape index (κ1) is 18.2. The molecule has 4 rings (SSSR count). The van der Waals surface area contributed by atoms with Gasteiger partial charge in [-0.1, -0.05) is 25.0 Å². The molecule has 1 aromatic carbocycles. The van der Waals surface area contributed by atoms with Crippen LogP contribution in [0.4, 0.5) is 5.69 Å². The Morgan fingerprint density at radius 1 is 0.926 bits per heavy atom. The second-order valence-corrected chi connectivity index (χ2v) is 7.87. The van der Waals surface area contributed by atoms with E-state index in [1.54, 1.807) is 6.08 Å². The Morgan fingerprint density at radius 3 is 2.26 bits per heavy atom. The molecule has 5 heteroatoms. The first-order chi connectivity index (χ1) is 13.2.